The minimum atomic E-state index is -0.561. The molecule has 1 heterocycles. The van der Waals surface area contributed by atoms with E-state index in [-0.39, 0.29) is 24.5 Å². The van der Waals surface area contributed by atoms with Crippen LogP contribution in [0.4, 0.5) is 4.79 Å². The van der Waals surface area contributed by atoms with Crippen LogP contribution < -0.4 is 10.6 Å². The fourth-order valence-electron chi connectivity index (χ4n) is 2.93. The van der Waals surface area contributed by atoms with Crippen LogP contribution in [0.1, 0.15) is 24.1 Å². The summed E-state index contributed by atoms with van der Waals surface area (Å²) in [5.41, 5.74) is 1.67. The smallest absolute Gasteiger partial charge is 0.407 e. The maximum absolute atomic E-state index is 12.2. The molecule has 2 amide bonds. The highest BCUT2D eigenvalue weighted by molar-refractivity contribution is 6.31. The van der Waals surface area contributed by atoms with Crippen molar-refractivity contribution in [2.24, 2.45) is 5.92 Å². The van der Waals surface area contributed by atoms with Crippen LogP contribution in [0.2, 0.25) is 5.02 Å². The van der Waals surface area contributed by atoms with E-state index in [1.165, 1.54) is 0 Å². The van der Waals surface area contributed by atoms with E-state index in [1.807, 2.05) is 48.5 Å². The van der Waals surface area contributed by atoms with Crippen LogP contribution >= 0.6 is 11.6 Å². The van der Waals surface area contributed by atoms with Gasteiger partial charge in [0.1, 0.15) is 6.61 Å². The Morgan fingerprint density at radius 1 is 1.16 bits per heavy atom. The minimum absolute atomic E-state index is 0.127. The van der Waals surface area contributed by atoms with Crippen molar-refractivity contribution >= 4 is 23.6 Å². The summed E-state index contributed by atoms with van der Waals surface area (Å²) in [6, 6.07) is 15.9. The Hall–Kier alpha value is -2.53. The Morgan fingerprint density at radius 2 is 1.84 bits per heavy atom. The van der Waals surface area contributed by atoms with Crippen molar-refractivity contribution in [2.45, 2.75) is 25.6 Å². The maximum atomic E-state index is 12.2. The number of carbonyl (C=O) groups excluding carboxylic acids is 2. The number of nitrogens with one attached hydrogen (secondary N) is 2. The molecule has 1 aliphatic rings. The van der Waals surface area contributed by atoms with Crippen LogP contribution in [0, 0.1) is 5.92 Å². The number of ether oxygens (including phenoxy) is 1. The van der Waals surface area contributed by atoms with E-state index >= 15 is 0 Å². The van der Waals surface area contributed by atoms with E-state index in [2.05, 4.69) is 10.6 Å². The Kier molecular flexibility index (Phi) is 5.24. The lowest BCUT2D eigenvalue weighted by Gasteiger charge is -2.23. The lowest BCUT2D eigenvalue weighted by Crippen LogP contribution is -2.41. The highest BCUT2D eigenvalue weighted by Gasteiger charge is 2.42. The first kappa shape index (κ1) is 17.3. The third-order valence-corrected chi connectivity index (χ3v) is 4.69. The van der Waals surface area contributed by atoms with Crippen LogP contribution in [0.3, 0.4) is 0 Å². The van der Waals surface area contributed by atoms with Gasteiger partial charge in [-0.25, -0.2) is 4.79 Å². The molecular formula is C19H19ClN2O3. The monoisotopic (exact) mass is 358 g/mol. The Bertz CT molecular complexity index is 766. The summed E-state index contributed by atoms with van der Waals surface area (Å²) in [6.07, 6.45) is -0.561. The van der Waals surface area contributed by atoms with Gasteiger partial charge in [-0.3, -0.25) is 4.79 Å². The van der Waals surface area contributed by atoms with E-state index in [4.69, 9.17) is 16.3 Å². The molecule has 2 aromatic carbocycles. The van der Waals surface area contributed by atoms with Gasteiger partial charge in [-0.15, -0.1) is 0 Å². The molecule has 3 rings (SSSR count). The molecule has 0 aliphatic carbocycles. The van der Waals surface area contributed by atoms with Gasteiger partial charge in [0.05, 0.1) is 18.0 Å². The fourth-order valence-corrected chi connectivity index (χ4v) is 3.19. The molecule has 1 unspecified atom stereocenters. The SMILES string of the molecule is C[C@@H]1C(=O)NC(c2ccccc2Cl)[C@H]1NC(=O)OCc1ccccc1. The van der Waals surface area contributed by atoms with Crippen LogP contribution in [0.5, 0.6) is 0 Å². The molecule has 2 aromatic rings. The Morgan fingerprint density at radius 3 is 2.56 bits per heavy atom. The summed E-state index contributed by atoms with van der Waals surface area (Å²) < 4.78 is 5.27. The summed E-state index contributed by atoms with van der Waals surface area (Å²) in [5.74, 6) is -0.510. The Labute approximate surface area is 151 Å². The van der Waals surface area contributed by atoms with Crippen molar-refractivity contribution in [1.82, 2.24) is 10.6 Å². The largest absolute Gasteiger partial charge is 0.445 e. The molecule has 0 aromatic heterocycles. The van der Waals surface area contributed by atoms with Crippen molar-refractivity contribution in [1.29, 1.82) is 0 Å². The molecule has 130 valence electrons. The number of halogens is 1. The molecule has 1 fully saturated rings. The first-order valence-electron chi connectivity index (χ1n) is 8.08. The fraction of sp³-hybridized carbons (Fsp3) is 0.263. The summed E-state index contributed by atoms with van der Waals surface area (Å²) in [7, 11) is 0. The number of benzene rings is 2. The summed E-state index contributed by atoms with van der Waals surface area (Å²) in [4.78, 5) is 24.3. The van der Waals surface area contributed by atoms with Crippen LogP contribution in [0.15, 0.2) is 54.6 Å². The second kappa shape index (κ2) is 7.57. The van der Waals surface area contributed by atoms with Gasteiger partial charge in [0.15, 0.2) is 0 Å². The normalized spacial score (nSPS) is 22.3. The number of hydrogen-bond acceptors (Lipinski definition) is 3. The average Bonchev–Trinajstić information content (AvgIpc) is 2.89. The first-order valence-corrected chi connectivity index (χ1v) is 8.46. The van der Waals surface area contributed by atoms with Gasteiger partial charge in [-0.05, 0) is 17.2 Å². The standard InChI is InChI=1S/C19H19ClN2O3/c1-12-16(22-19(24)25-11-13-7-3-2-4-8-13)17(21-18(12)23)14-9-5-6-10-15(14)20/h2-10,12,16-17H,11H2,1H3,(H,21,23)(H,22,24)/t12-,16-,17?/m0/s1. The molecule has 1 aliphatic heterocycles. The van der Waals surface area contributed by atoms with Gasteiger partial charge in [0.2, 0.25) is 5.91 Å². The van der Waals surface area contributed by atoms with Gasteiger partial charge in [0, 0.05) is 5.02 Å². The second-order valence-corrected chi connectivity index (χ2v) is 6.44. The summed E-state index contributed by atoms with van der Waals surface area (Å²) in [5, 5.41) is 6.25. The number of rotatable bonds is 4. The highest BCUT2D eigenvalue weighted by atomic mass is 35.5. The summed E-state index contributed by atoms with van der Waals surface area (Å²) >= 11 is 6.25. The quantitative estimate of drug-likeness (QED) is 0.879. The predicted octanol–water partition coefficient (Wildman–Crippen LogP) is 3.44. The average molecular weight is 359 g/mol. The summed E-state index contributed by atoms with van der Waals surface area (Å²) in [6.45, 7) is 1.94. The van der Waals surface area contributed by atoms with Crippen molar-refractivity contribution in [2.75, 3.05) is 0 Å². The van der Waals surface area contributed by atoms with Gasteiger partial charge < -0.3 is 15.4 Å². The van der Waals surface area contributed by atoms with Crippen LogP contribution in [-0.4, -0.2) is 18.0 Å². The lowest BCUT2D eigenvalue weighted by atomic mass is 9.95. The maximum Gasteiger partial charge on any atom is 0.407 e. The van der Waals surface area contributed by atoms with Crippen molar-refractivity contribution in [3.8, 4) is 0 Å². The van der Waals surface area contributed by atoms with E-state index in [0.29, 0.717) is 5.02 Å². The number of hydrogen-bond donors (Lipinski definition) is 2. The van der Waals surface area contributed by atoms with Gasteiger partial charge in [0.25, 0.3) is 0 Å². The van der Waals surface area contributed by atoms with E-state index < -0.39 is 12.1 Å². The molecule has 1 saturated heterocycles. The molecule has 3 atom stereocenters. The zero-order chi connectivity index (χ0) is 17.8. The first-order chi connectivity index (χ1) is 12.1. The molecule has 0 spiro atoms. The second-order valence-electron chi connectivity index (χ2n) is 6.03. The van der Waals surface area contributed by atoms with Crippen molar-refractivity contribution in [3.63, 3.8) is 0 Å². The molecular weight excluding hydrogens is 340 g/mol. The third-order valence-electron chi connectivity index (χ3n) is 4.35. The van der Waals surface area contributed by atoms with E-state index in [9.17, 15) is 9.59 Å². The zero-order valence-corrected chi connectivity index (χ0v) is 14.5. The molecule has 25 heavy (non-hydrogen) atoms. The molecule has 6 heteroatoms. The van der Waals surface area contributed by atoms with E-state index in [1.54, 1.807) is 13.0 Å². The minimum Gasteiger partial charge on any atom is -0.445 e. The number of alkyl carbamates (subject to hydrolysis) is 1. The molecule has 2 N–H and O–H groups in total. The third kappa shape index (κ3) is 3.94. The van der Waals surface area contributed by atoms with Crippen LogP contribution in [0.25, 0.3) is 0 Å². The highest BCUT2D eigenvalue weighted by Crippen LogP contribution is 2.32. The zero-order valence-electron chi connectivity index (χ0n) is 13.7. The topological polar surface area (TPSA) is 67.4 Å². The lowest BCUT2D eigenvalue weighted by molar-refractivity contribution is -0.122. The predicted molar refractivity (Wildman–Crippen MR) is 95.1 cm³/mol. The van der Waals surface area contributed by atoms with Crippen molar-refractivity contribution in [3.05, 3.63) is 70.7 Å². The van der Waals surface area contributed by atoms with Gasteiger partial charge in [-0.2, -0.15) is 0 Å². The number of amides is 2. The molecule has 0 radical (unpaired) electrons. The Balaban J connectivity index is 1.69. The van der Waals surface area contributed by atoms with Gasteiger partial charge in [-0.1, -0.05) is 67.1 Å². The molecule has 0 saturated carbocycles. The van der Waals surface area contributed by atoms with Crippen LogP contribution in [-0.2, 0) is 16.1 Å². The molecule has 5 nitrogen and oxygen atoms in total. The van der Waals surface area contributed by atoms with Gasteiger partial charge >= 0.3 is 6.09 Å². The van der Waals surface area contributed by atoms with E-state index in [0.717, 1.165) is 11.1 Å². The number of carbonyl (C=O) groups is 2. The van der Waals surface area contributed by atoms with Crippen molar-refractivity contribution < 1.29 is 14.3 Å². The molecule has 0 bridgehead atoms.